The van der Waals surface area contributed by atoms with Crippen molar-refractivity contribution in [2.75, 3.05) is 0 Å². The van der Waals surface area contributed by atoms with E-state index in [2.05, 4.69) is 33.8 Å². The highest BCUT2D eigenvalue weighted by Gasteiger charge is 2.59. The molecule has 3 saturated carbocycles. The number of allylic oxidation sites excluding steroid dienone is 1. The van der Waals surface area contributed by atoms with Gasteiger partial charge < -0.3 is 5.11 Å². The minimum Gasteiger partial charge on any atom is -0.393 e. The Labute approximate surface area is 188 Å². The molecule has 4 aliphatic carbocycles. The monoisotopic (exact) mass is 416 g/mol. The summed E-state index contributed by atoms with van der Waals surface area (Å²) in [5.41, 5.74) is 2.69. The number of unbranched alkanes of at least 4 members (excludes halogenated alkanes) is 1. The van der Waals surface area contributed by atoms with Crippen LogP contribution in [0.4, 0.5) is 0 Å². The molecule has 3 fully saturated rings. The zero-order chi connectivity index (χ0) is 21.9. The lowest BCUT2D eigenvalue weighted by molar-refractivity contribution is -0.0613. The average Bonchev–Trinajstić information content (AvgIpc) is 3.12. The first-order valence-electron chi connectivity index (χ1n) is 13.8. The van der Waals surface area contributed by atoms with Crippen LogP contribution in [0.5, 0.6) is 0 Å². The van der Waals surface area contributed by atoms with Gasteiger partial charge in [-0.25, -0.2) is 0 Å². The fraction of sp³-hybridized carbons (Fsp3) is 0.931. The Kier molecular flexibility index (Phi) is 8.19. The van der Waals surface area contributed by atoms with Crippen molar-refractivity contribution in [1.29, 1.82) is 0 Å². The van der Waals surface area contributed by atoms with Crippen LogP contribution in [0.15, 0.2) is 11.6 Å². The molecule has 4 rings (SSSR count). The second-order valence-electron chi connectivity index (χ2n) is 11.7. The predicted molar refractivity (Wildman–Crippen MR) is 130 cm³/mol. The Bertz CT molecular complexity index is 577. The summed E-state index contributed by atoms with van der Waals surface area (Å²) in [5, 5.41) is 10.2. The molecular formula is C29H52O. The van der Waals surface area contributed by atoms with Gasteiger partial charge in [0.05, 0.1) is 6.10 Å². The molecule has 0 aromatic carbocycles. The van der Waals surface area contributed by atoms with Gasteiger partial charge in [-0.05, 0) is 105 Å². The van der Waals surface area contributed by atoms with E-state index in [4.69, 9.17) is 0 Å². The number of hydrogen-bond donors (Lipinski definition) is 1. The Hall–Kier alpha value is -0.300. The van der Waals surface area contributed by atoms with Gasteiger partial charge in [-0.2, -0.15) is 0 Å². The van der Waals surface area contributed by atoms with E-state index in [-0.39, 0.29) is 6.10 Å². The van der Waals surface area contributed by atoms with Gasteiger partial charge in [0.1, 0.15) is 0 Å². The molecule has 0 bridgehead atoms. The summed E-state index contributed by atoms with van der Waals surface area (Å²) in [6.45, 7) is 13.8. The molecule has 0 saturated heterocycles. The Morgan fingerprint density at radius 3 is 2.50 bits per heavy atom. The fourth-order valence-corrected chi connectivity index (χ4v) is 8.66. The number of hydrogen-bond acceptors (Lipinski definition) is 1. The molecule has 0 aromatic rings. The summed E-state index contributed by atoms with van der Waals surface area (Å²) >= 11 is 0. The lowest BCUT2D eigenvalue weighted by atomic mass is 9.46. The van der Waals surface area contributed by atoms with Crippen LogP contribution in [0.3, 0.4) is 0 Å². The molecule has 0 amide bonds. The predicted octanol–water partition coefficient (Wildman–Crippen LogP) is 8.56. The second-order valence-corrected chi connectivity index (χ2v) is 11.7. The SMILES string of the molecule is CC.CC[C@]12CCC3C(CC=C4CC(O)CCC43C)C1CCC2CCCCC(C)C. The second kappa shape index (κ2) is 10.1. The molecular weight excluding hydrogens is 364 g/mol. The zero-order valence-electron chi connectivity index (χ0n) is 21.2. The smallest absolute Gasteiger partial charge is 0.0577 e. The van der Waals surface area contributed by atoms with Crippen molar-refractivity contribution in [3.05, 3.63) is 11.6 Å². The van der Waals surface area contributed by atoms with Gasteiger partial charge in [-0.1, -0.05) is 72.5 Å². The molecule has 0 aliphatic heterocycles. The molecule has 1 N–H and O–H groups in total. The van der Waals surface area contributed by atoms with Crippen molar-refractivity contribution in [3.8, 4) is 0 Å². The van der Waals surface area contributed by atoms with Gasteiger partial charge in [0, 0.05) is 0 Å². The summed E-state index contributed by atoms with van der Waals surface area (Å²) in [6, 6.07) is 0. The van der Waals surface area contributed by atoms with Crippen LogP contribution in [0.2, 0.25) is 0 Å². The first-order valence-corrected chi connectivity index (χ1v) is 13.8. The zero-order valence-corrected chi connectivity index (χ0v) is 21.2. The van der Waals surface area contributed by atoms with E-state index < -0.39 is 0 Å². The number of aliphatic hydroxyl groups excluding tert-OH is 1. The molecule has 4 aliphatic rings. The highest BCUT2D eigenvalue weighted by Crippen LogP contribution is 2.67. The minimum absolute atomic E-state index is 0.0732. The fourth-order valence-electron chi connectivity index (χ4n) is 8.66. The van der Waals surface area contributed by atoms with Crippen molar-refractivity contribution in [3.63, 3.8) is 0 Å². The third-order valence-electron chi connectivity index (χ3n) is 10.2. The van der Waals surface area contributed by atoms with Gasteiger partial charge in [0.25, 0.3) is 0 Å². The molecule has 30 heavy (non-hydrogen) atoms. The van der Waals surface area contributed by atoms with E-state index in [1.54, 1.807) is 5.57 Å². The summed E-state index contributed by atoms with van der Waals surface area (Å²) in [4.78, 5) is 0. The van der Waals surface area contributed by atoms with E-state index in [9.17, 15) is 5.11 Å². The molecule has 0 spiro atoms. The Morgan fingerprint density at radius 2 is 1.80 bits per heavy atom. The van der Waals surface area contributed by atoms with Gasteiger partial charge in [-0.3, -0.25) is 0 Å². The normalized spacial score (nSPS) is 42.5. The standard InChI is InChI=1S/C27H46O.C2H6/c1-5-27-17-15-24-23(12-10-21-18-22(28)14-16-26(21,24)4)25(27)13-11-20(27)9-7-6-8-19(2)3;1-2/h10,19-20,22-25,28H,5-9,11-18H2,1-4H3;1-2H3/t20?,22?,23?,24?,25?,26?,27-;/m1./s1. The van der Waals surface area contributed by atoms with Crippen molar-refractivity contribution < 1.29 is 5.11 Å². The number of rotatable bonds is 6. The molecule has 6 unspecified atom stereocenters. The maximum atomic E-state index is 10.2. The lowest BCUT2D eigenvalue weighted by Gasteiger charge is -2.58. The summed E-state index contributed by atoms with van der Waals surface area (Å²) in [7, 11) is 0. The summed E-state index contributed by atoms with van der Waals surface area (Å²) in [6.07, 6.45) is 20.3. The molecule has 0 radical (unpaired) electrons. The third kappa shape index (κ3) is 4.31. The van der Waals surface area contributed by atoms with Crippen molar-refractivity contribution in [1.82, 2.24) is 0 Å². The van der Waals surface area contributed by atoms with Gasteiger partial charge in [0.15, 0.2) is 0 Å². The molecule has 0 heterocycles. The van der Waals surface area contributed by atoms with E-state index >= 15 is 0 Å². The summed E-state index contributed by atoms with van der Waals surface area (Å²) < 4.78 is 0. The van der Waals surface area contributed by atoms with Crippen molar-refractivity contribution >= 4 is 0 Å². The minimum atomic E-state index is -0.0732. The molecule has 174 valence electrons. The van der Waals surface area contributed by atoms with E-state index in [1.165, 1.54) is 70.6 Å². The quantitative estimate of drug-likeness (QED) is 0.339. The average molecular weight is 417 g/mol. The van der Waals surface area contributed by atoms with Crippen LogP contribution in [-0.2, 0) is 0 Å². The Balaban J connectivity index is 0.00000124. The highest BCUT2D eigenvalue weighted by atomic mass is 16.3. The number of fused-ring (bicyclic) bond motifs is 5. The van der Waals surface area contributed by atoms with Crippen LogP contribution >= 0.6 is 0 Å². The highest BCUT2D eigenvalue weighted by molar-refractivity contribution is 5.25. The largest absolute Gasteiger partial charge is 0.393 e. The van der Waals surface area contributed by atoms with Crippen LogP contribution in [0.25, 0.3) is 0 Å². The molecule has 1 nitrogen and oxygen atoms in total. The van der Waals surface area contributed by atoms with E-state index in [0.29, 0.717) is 10.8 Å². The van der Waals surface area contributed by atoms with Crippen LogP contribution in [0, 0.1) is 40.4 Å². The molecule has 7 atom stereocenters. The van der Waals surface area contributed by atoms with Crippen molar-refractivity contribution in [2.45, 2.75) is 131 Å². The van der Waals surface area contributed by atoms with E-state index in [1.807, 2.05) is 13.8 Å². The first kappa shape index (κ1) is 24.3. The number of aliphatic hydroxyl groups is 1. The maximum Gasteiger partial charge on any atom is 0.0577 e. The van der Waals surface area contributed by atoms with Crippen LogP contribution < -0.4 is 0 Å². The summed E-state index contributed by atoms with van der Waals surface area (Å²) in [5.74, 6) is 4.67. The molecule has 1 heteroatoms. The van der Waals surface area contributed by atoms with Crippen LogP contribution in [-0.4, -0.2) is 11.2 Å². The third-order valence-corrected chi connectivity index (χ3v) is 10.2. The maximum absolute atomic E-state index is 10.2. The van der Waals surface area contributed by atoms with E-state index in [0.717, 1.165) is 42.4 Å². The van der Waals surface area contributed by atoms with Gasteiger partial charge in [0.2, 0.25) is 0 Å². The topological polar surface area (TPSA) is 20.2 Å². The Morgan fingerprint density at radius 1 is 1.03 bits per heavy atom. The van der Waals surface area contributed by atoms with Gasteiger partial charge in [-0.15, -0.1) is 0 Å². The first-order chi connectivity index (χ1) is 14.4. The lowest BCUT2D eigenvalue weighted by Crippen LogP contribution is -2.51. The van der Waals surface area contributed by atoms with Gasteiger partial charge >= 0.3 is 0 Å². The van der Waals surface area contributed by atoms with Crippen LogP contribution in [0.1, 0.15) is 125 Å². The molecule has 0 aromatic heterocycles. The van der Waals surface area contributed by atoms with Crippen molar-refractivity contribution in [2.24, 2.45) is 40.4 Å².